The van der Waals surface area contributed by atoms with Crippen LogP contribution in [0.5, 0.6) is 0 Å². The molecule has 29 heavy (non-hydrogen) atoms. The van der Waals surface area contributed by atoms with Crippen LogP contribution in [0, 0.1) is 5.82 Å². The summed E-state index contributed by atoms with van der Waals surface area (Å²) in [6.45, 7) is 4.91. The van der Waals surface area contributed by atoms with E-state index in [0.29, 0.717) is 24.0 Å². The van der Waals surface area contributed by atoms with Crippen LogP contribution in [0.3, 0.4) is 0 Å². The van der Waals surface area contributed by atoms with Crippen LogP contribution in [0.25, 0.3) is 0 Å². The van der Waals surface area contributed by atoms with Crippen LogP contribution in [0.1, 0.15) is 49.9 Å². The lowest BCUT2D eigenvalue weighted by atomic mass is 9.89. The van der Waals surface area contributed by atoms with Crippen molar-refractivity contribution in [3.8, 4) is 0 Å². The highest BCUT2D eigenvalue weighted by Gasteiger charge is 2.43. The van der Waals surface area contributed by atoms with E-state index in [9.17, 15) is 22.4 Å². The van der Waals surface area contributed by atoms with Crippen molar-refractivity contribution in [1.29, 1.82) is 0 Å². The zero-order valence-corrected chi connectivity index (χ0v) is 17.7. The Labute approximate surface area is 174 Å². The summed E-state index contributed by atoms with van der Waals surface area (Å²) in [6.07, 6.45) is -4.94. The standard InChI is InChI=1S/C21H20BrF4NO2/c1-20(2,3)29-19(28)27-17(12-5-4-6-15(23)10-12)8-7-13-9-14(22)11-16(18(13)27)21(24,25)26/h4-6,9-11,17H,7-8H2,1-3H3. The lowest BCUT2D eigenvalue weighted by Crippen LogP contribution is -2.43. The third kappa shape index (κ3) is 4.74. The molecule has 0 spiro atoms. The Hall–Kier alpha value is -2.09. The maximum Gasteiger partial charge on any atom is 0.418 e. The van der Waals surface area contributed by atoms with Gasteiger partial charge in [-0.25, -0.2) is 9.18 Å². The average molecular weight is 474 g/mol. The van der Waals surface area contributed by atoms with Gasteiger partial charge in [-0.1, -0.05) is 28.1 Å². The number of benzene rings is 2. The number of carbonyl (C=O) groups is 1. The van der Waals surface area contributed by atoms with Gasteiger partial charge in [0.25, 0.3) is 0 Å². The van der Waals surface area contributed by atoms with Crippen molar-refractivity contribution in [2.75, 3.05) is 4.90 Å². The number of hydrogen-bond donors (Lipinski definition) is 0. The Balaban J connectivity index is 2.22. The largest absolute Gasteiger partial charge is 0.443 e. The van der Waals surface area contributed by atoms with Gasteiger partial charge in [0.2, 0.25) is 0 Å². The molecule has 2 aromatic rings. The molecule has 1 unspecified atom stereocenters. The molecule has 0 radical (unpaired) electrons. The van der Waals surface area contributed by atoms with Crippen molar-refractivity contribution in [2.45, 2.75) is 51.4 Å². The Morgan fingerprint density at radius 2 is 1.86 bits per heavy atom. The summed E-state index contributed by atoms with van der Waals surface area (Å²) < 4.78 is 61.1. The SMILES string of the molecule is CC(C)(C)OC(=O)N1c2c(cc(Br)cc2C(F)(F)F)CCC1c1cccc(F)c1. The molecule has 0 saturated heterocycles. The van der Waals surface area contributed by atoms with Gasteiger partial charge in [-0.2, -0.15) is 13.2 Å². The molecule has 3 rings (SSSR count). The predicted octanol–water partition coefficient (Wildman–Crippen LogP) is 7.04. The molecule has 1 amide bonds. The van der Waals surface area contributed by atoms with Crippen LogP contribution in [0.15, 0.2) is 40.9 Å². The minimum Gasteiger partial charge on any atom is -0.443 e. The molecule has 1 aliphatic heterocycles. The number of nitrogens with zero attached hydrogens (tertiary/aromatic N) is 1. The molecule has 1 heterocycles. The van der Waals surface area contributed by atoms with Crippen molar-refractivity contribution in [3.05, 3.63) is 63.4 Å². The highest BCUT2D eigenvalue weighted by molar-refractivity contribution is 9.10. The topological polar surface area (TPSA) is 29.5 Å². The number of amides is 1. The third-order valence-electron chi connectivity index (χ3n) is 4.52. The molecule has 1 aliphatic rings. The van der Waals surface area contributed by atoms with E-state index in [1.165, 1.54) is 18.2 Å². The fraction of sp³-hybridized carbons (Fsp3) is 0.381. The number of hydrogen-bond acceptors (Lipinski definition) is 2. The first-order valence-electron chi connectivity index (χ1n) is 9.04. The van der Waals surface area contributed by atoms with Crippen LogP contribution >= 0.6 is 15.9 Å². The molecular formula is C21H20BrF4NO2. The van der Waals surface area contributed by atoms with Crippen LogP contribution < -0.4 is 4.90 Å². The molecule has 2 aromatic carbocycles. The highest BCUT2D eigenvalue weighted by atomic mass is 79.9. The lowest BCUT2D eigenvalue weighted by Gasteiger charge is -2.39. The second kappa shape index (κ2) is 7.63. The zero-order chi connectivity index (χ0) is 21.6. The second-order valence-electron chi connectivity index (χ2n) is 7.92. The van der Waals surface area contributed by atoms with Gasteiger partial charge in [0, 0.05) is 4.47 Å². The van der Waals surface area contributed by atoms with Crippen LogP contribution in [-0.4, -0.2) is 11.7 Å². The van der Waals surface area contributed by atoms with Gasteiger partial charge < -0.3 is 4.74 Å². The Kier molecular flexibility index (Phi) is 5.69. The zero-order valence-electron chi connectivity index (χ0n) is 16.1. The normalized spacial score (nSPS) is 17.1. The number of rotatable bonds is 1. The molecule has 3 nitrogen and oxygen atoms in total. The van der Waals surface area contributed by atoms with E-state index in [4.69, 9.17) is 4.74 Å². The van der Waals surface area contributed by atoms with E-state index < -0.39 is 35.3 Å². The van der Waals surface area contributed by atoms with E-state index in [2.05, 4.69) is 15.9 Å². The van der Waals surface area contributed by atoms with Crippen molar-refractivity contribution < 1.29 is 27.1 Å². The van der Waals surface area contributed by atoms with Gasteiger partial charge >= 0.3 is 12.3 Å². The molecule has 156 valence electrons. The maximum atomic E-state index is 13.9. The molecule has 0 saturated carbocycles. The minimum absolute atomic E-state index is 0.240. The number of halogens is 5. The van der Waals surface area contributed by atoms with Crippen molar-refractivity contribution in [3.63, 3.8) is 0 Å². The first-order valence-corrected chi connectivity index (χ1v) is 9.83. The van der Waals surface area contributed by atoms with Gasteiger partial charge in [-0.3, -0.25) is 4.90 Å². The van der Waals surface area contributed by atoms with E-state index in [0.717, 1.165) is 11.0 Å². The number of aryl methyl sites for hydroxylation is 1. The smallest absolute Gasteiger partial charge is 0.418 e. The van der Waals surface area contributed by atoms with Gasteiger partial charge in [0.1, 0.15) is 11.4 Å². The first-order chi connectivity index (χ1) is 13.4. The number of fused-ring (bicyclic) bond motifs is 1. The number of alkyl halides is 3. The first kappa shape index (κ1) is 21.6. The molecular weight excluding hydrogens is 454 g/mol. The number of carbonyl (C=O) groups excluding carboxylic acids is 1. The maximum absolute atomic E-state index is 13.9. The summed E-state index contributed by atoms with van der Waals surface area (Å²) in [5.41, 5.74) is -1.29. The number of ether oxygens (including phenoxy) is 1. The summed E-state index contributed by atoms with van der Waals surface area (Å²) in [4.78, 5) is 14.1. The molecule has 0 fully saturated rings. The summed E-state index contributed by atoms with van der Waals surface area (Å²) in [6, 6.07) is 7.29. The van der Waals surface area contributed by atoms with E-state index in [1.807, 2.05) is 0 Å². The van der Waals surface area contributed by atoms with E-state index >= 15 is 0 Å². The number of anilines is 1. The van der Waals surface area contributed by atoms with Gasteiger partial charge in [0.15, 0.2) is 0 Å². The summed E-state index contributed by atoms with van der Waals surface area (Å²) in [5.74, 6) is -0.524. The van der Waals surface area contributed by atoms with Gasteiger partial charge in [0.05, 0.1) is 17.3 Å². The molecule has 0 N–H and O–H groups in total. The van der Waals surface area contributed by atoms with Gasteiger partial charge in [-0.15, -0.1) is 0 Å². The summed E-state index contributed by atoms with van der Waals surface area (Å²) >= 11 is 3.12. The lowest BCUT2D eigenvalue weighted by molar-refractivity contribution is -0.137. The van der Waals surface area contributed by atoms with E-state index in [-0.39, 0.29) is 10.2 Å². The monoisotopic (exact) mass is 473 g/mol. The molecule has 0 aliphatic carbocycles. The average Bonchev–Trinajstić information content (AvgIpc) is 2.57. The highest BCUT2D eigenvalue weighted by Crippen LogP contribution is 2.47. The van der Waals surface area contributed by atoms with Crippen LogP contribution in [0.2, 0.25) is 0 Å². The molecule has 8 heteroatoms. The molecule has 0 aromatic heterocycles. The quantitative estimate of drug-likeness (QED) is 0.415. The minimum atomic E-state index is -4.68. The summed E-state index contributed by atoms with van der Waals surface area (Å²) in [5, 5.41) is 0. The Morgan fingerprint density at radius 3 is 2.45 bits per heavy atom. The van der Waals surface area contributed by atoms with Gasteiger partial charge in [-0.05, 0) is 69.0 Å². The van der Waals surface area contributed by atoms with Crippen molar-refractivity contribution >= 4 is 27.7 Å². The fourth-order valence-electron chi connectivity index (χ4n) is 3.48. The van der Waals surface area contributed by atoms with Crippen LogP contribution in [-0.2, 0) is 17.3 Å². The van der Waals surface area contributed by atoms with Crippen LogP contribution in [0.4, 0.5) is 28.0 Å². The van der Waals surface area contributed by atoms with Crippen molar-refractivity contribution in [1.82, 2.24) is 0 Å². The Morgan fingerprint density at radius 1 is 1.17 bits per heavy atom. The fourth-order valence-corrected chi connectivity index (χ4v) is 3.99. The summed E-state index contributed by atoms with van der Waals surface area (Å²) in [7, 11) is 0. The third-order valence-corrected chi connectivity index (χ3v) is 4.98. The Bertz CT molecular complexity index is 937. The second-order valence-corrected chi connectivity index (χ2v) is 8.83. The van der Waals surface area contributed by atoms with Crippen molar-refractivity contribution in [2.24, 2.45) is 0 Å². The van der Waals surface area contributed by atoms with E-state index in [1.54, 1.807) is 32.9 Å². The predicted molar refractivity (Wildman–Crippen MR) is 105 cm³/mol. The molecule has 0 bridgehead atoms. The molecule has 1 atom stereocenters.